The van der Waals surface area contributed by atoms with Crippen LogP contribution in [-0.2, 0) is 12.1 Å². The SMILES string of the molecule is COc1ccc(CN2C3CCC2(c2ccc(C)cc2)CC(C)C3)cc1. The molecule has 0 saturated carbocycles. The molecule has 2 aromatic rings. The Bertz CT molecular complexity index is 721. The fourth-order valence-electron chi connectivity index (χ4n) is 5.14. The summed E-state index contributed by atoms with van der Waals surface area (Å²) < 4.78 is 5.31. The van der Waals surface area contributed by atoms with Gasteiger partial charge in [0, 0.05) is 18.1 Å². The molecule has 2 saturated heterocycles. The van der Waals surface area contributed by atoms with Crippen LogP contribution in [0.5, 0.6) is 5.75 Å². The molecule has 2 aromatic carbocycles. The third kappa shape index (κ3) is 2.97. The summed E-state index contributed by atoms with van der Waals surface area (Å²) in [5, 5.41) is 0. The van der Waals surface area contributed by atoms with Crippen molar-refractivity contribution in [2.75, 3.05) is 7.11 Å². The van der Waals surface area contributed by atoms with Crippen molar-refractivity contribution in [2.45, 2.75) is 57.7 Å². The molecule has 0 aromatic heterocycles. The van der Waals surface area contributed by atoms with Crippen molar-refractivity contribution in [3.05, 3.63) is 65.2 Å². The minimum atomic E-state index is 0.218. The van der Waals surface area contributed by atoms with Crippen molar-refractivity contribution in [1.29, 1.82) is 0 Å². The summed E-state index contributed by atoms with van der Waals surface area (Å²) in [6.07, 6.45) is 5.24. The second-order valence-corrected chi connectivity index (χ2v) is 8.11. The first-order valence-corrected chi connectivity index (χ1v) is 9.57. The zero-order chi connectivity index (χ0) is 17.4. The summed E-state index contributed by atoms with van der Waals surface area (Å²) in [5.74, 6) is 1.74. The van der Waals surface area contributed by atoms with Gasteiger partial charge >= 0.3 is 0 Å². The Kier molecular flexibility index (Phi) is 4.33. The molecule has 2 nitrogen and oxygen atoms in total. The number of hydrogen-bond donors (Lipinski definition) is 0. The fraction of sp³-hybridized carbons (Fsp3) is 0.478. The number of piperidine rings is 1. The lowest BCUT2D eigenvalue weighted by atomic mass is 9.77. The van der Waals surface area contributed by atoms with Gasteiger partial charge in [0.1, 0.15) is 5.75 Å². The van der Waals surface area contributed by atoms with Gasteiger partial charge in [-0.2, -0.15) is 0 Å². The second-order valence-electron chi connectivity index (χ2n) is 8.11. The van der Waals surface area contributed by atoms with E-state index in [1.165, 1.54) is 42.4 Å². The average Bonchev–Trinajstić information content (AvgIpc) is 2.84. The van der Waals surface area contributed by atoms with Crippen molar-refractivity contribution < 1.29 is 4.74 Å². The van der Waals surface area contributed by atoms with Crippen LogP contribution >= 0.6 is 0 Å². The Hall–Kier alpha value is -1.80. The van der Waals surface area contributed by atoms with E-state index in [-0.39, 0.29) is 5.54 Å². The third-order valence-electron chi connectivity index (χ3n) is 6.34. The molecule has 3 unspecified atom stereocenters. The molecule has 0 N–H and O–H groups in total. The quantitative estimate of drug-likeness (QED) is 0.752. The van der Waals surface area contributed by atoms with Crippen LogP contribution in [0.4, 0.5) is 0 Å². The van der Waals surface area contributed by atoms with Gasteiger partial charge in [-0.3, -0.25) is 4.90 Å². The zero-order valence-corrected chi connectivity index (χ0v) is 15.7. The molecule has 0 aliphatic carbocycles. The van der Waals surface area contributed by atoms with Gasteiger partial charge in [-0.1, -0.05) is 48.9 Å². The van der Waals surface area contributed by atoms with Crippen LogP contribution in [0.2, 0.25) is 0 Å². The molecular formula is C23H29NO. The summed E-state index contributed by atoms with van der Waals surface area (Å²) in [7, 11) is 1.73. The predicted octanol–water partition coefficient (Wildman–Crippen LogP) is 5.29. The molecule has 0 radical (unpaired) electrons. The standard InChI is InChI=1S/C23H29NO/c1-17-4-8-20(9-5-17)23-13-12-21(14-18(2)15-23)24(23)16-19-6-10-22(25-3)11-7-19/h4-11,18,21H,12-16H2,1-3H3. The Morgan fingerprint density at radius 1 is 1.08 bits per heavy atom. The predicted molar refractivity (Wildman–Crippen MR) is 103 cm³/mol. The van der Waals surface area contributed by atoms with Crippen LogP contribution in [-0.4, -0.2) is 18.1 Å². The van der Waals surface area contributed by atoms with Crippen molar-refractivity contribution in [3.8, 4) is 5.75 Å². The molecule has 2 heteroatoms. The van der Waals surface area contributed by atoms with Crippen molar-refractivity contribution in [1.82, 2.24) is 4.90 Å². The Morgan fingerprint density at radius 3 is 2.48 bits per heavy atom. The first kappa shape index (κ1) is 16.7. The lowest BCUT2D eigenvalue weighted by Gasteiger charge is -2.48. The highest BCUT2D eigenvalue weighted by molar-refractivity contribution is 5.32. The molecule has 132 valence electrons. The largest absolute Gasteiger partial charge is 0.497 e. The number of benzene rings is 2. The van der Waals surface area contributed by atoms with Crippen molar-refractivity contribution in [3.63, 3.8) is 0 Å². The van der Waals surface area contributed by atoms with E-state index < -0.39 is 0 Å². The lowest BCUT2D eigenvalue weighted by molar-refractivity contribution is 0.0183. The van der Waals surface area contributed by atoms with E-state index in [9.17, 15) is 0 Å². The summed E-state index contributed by atoms with van der Waals surface area (Å²) >= 11 is 0. The lowest BCUT2D eigenvalue weighted by Crippen LogP contribution is -2.49. The maximum absolute atomic E-state index is 5.31. The first-order valence-electron chi connectivity index (χ1n) is 9.57. The Balaban J connectivity index is 1.67. The van der Waals surface area contributed by atoms with Crippen LogP contribution < -0.4 is 4.74 Å². The van der Waals surface area contributed by atoms with Gasteiger partial charge in [-0.15, -0.1) is 0 Å². The zero-order valence-electron chi connectivity index (χ0n) is 15.7. The van der Waals surface area contributed by atoms with Gasteiger partial charge in [-0.05, 0) is 61.8 Å². The monoisotopic (exact) mass is 335 g/mol. The van der Waals surface area contributed by atoms with E-state index in [4.69, 9.17) is 4.74 Å². The van der Waals surface area contributed by atoms with Gasteiger partial charge in [-0.25, -0.2) is 0 Å². The van der Waals surface area contributed by atoms with Gasteiger partial charge in [0.2, 0.25) is 0 Å². The van der Waals surface area contributed by atoms with Gasteiger partial charge in [0.15, 0.2) is 0 Å². The van der Waals surface area contributed by atoms with E-state index >= 15 is 0 Å². The molecule has 2 bridgehead atoms. The van der Waals surface area contributed by atoms with Crippen LogP contribution in [0.15, 0.2) is 48.5 Å². The van der Waals surface area contributed by atoms with E-state index in [0.717, 1.165) is 18.2 Å². The summed E-state index contributed by atoms with van der Waals surface area (Å²) in [4.78, 5) is 2.81. The highest BCUT2D eigenvalue weighted by atomic mass is 16.5. The highest BCUT2D eigenvalue weighted by Crippen LogP contribution is 2.53. The van der Waals surface area contributed by atoms with E-state index in [0.29, 0.717) is 6.04 Å². The maximum atomic E-state index is 5.31. The number of hydrogen-bond acceptors (Lipinski definition) is 2. The molecule has 2 heterocycles. The summed E-state index contributed by atoms with van der Waals surface area (Å²) in [6, 6.07) is 18.6. The molecule has 4 rings (SSSR count). The average molecular weight is 335 g/mol. The first-order chi connectivity index (χ1) is 12.1. The van der Waals surface area contributed by atoms with Crippen LogP contribution in [0, 0.1) is 12.8 Å². The smallest absolute Gasteiger partial charge is 0.118 e. The van der Waals surface area contributed by atoms with Crippen LogP contribution in [0.3, 0.4) is 0 Å². The number of ether oxygens (including phenoxy) is 1. The van der Waals surface area contributed by atoms with Crippen LogP contribution in [0.1, 0.15) is 49.3 Å². The Labute approximate surface area is 151 Å². The third-order valence-corrected chi connectivity index (χ3v) is 6.34. The fourth-order valence-corrected chi connectivity index (χ4v) is 5.14. The minimum Gasteiger partial charge on any atom is -0.497 e. The normalized spacial score (nSPS) is 28.9. The summed E-state index contributed by atoms with van der Waals surface area (Å²) in [5.41, 5.74) is 4.47. The topological polar surface area (TPSA) is 12.5 Å². The minimum absolute atomic E-state index is 0.218. The highest BCUT2D eigenvalue weighted by Gasteiger charge is 2.51. The van der Waals surface area contributed by atoms with Crippen molar-refractivity contribution >= 4 is 0 Å². The van der Waals surface area contributed by atoms with Crippen molar-refractivity contribution in [2.24, 2.45) is 5.92 Å². The molecular weight excluding hydrogens is 306 g/mol. The molecule has 3 atom stereocenters. The molecule has 0 spiro atoms. The molecule has 2 aliphatic heterocycles. The molecule has 2 aliphatic rings. The second kappa shape index (κ2) is 6.49. The van der Waals surface area contributed by atoms with Gasteiger partial charge in [0.05, 0.1) is 7.11 Å². The van der Waals surface area contributed by atoms with E-state index in [2.05, 4.69) is 67.3 Å². The van der Waals surface area contributed by atoms with Gasteiger partial charge < -0.3 is 4.74 Å². The number of aryl methyl sites for hydroxylation is 1. The van der Waals surface area contributed by atoms with E-state index in [1.807, 2.05) is 0 Å². The molecule has 0 amide bonds. The number of fused-ring (bicyclic) bond motifs is 2. The Morgan fingerprint density at radius 2 is 1.80 bits per heavy atom. The van der Waals surface area contributed by atoms with Gasteiger partial charge in [0.25, 0.3) is 0 Å². The molecule has 25 heavy (non-hydrogen) atoms. The summed E-state index contributed by atoms with van der Waals surface area (Å²) in [6.45, 7) is 5.65. The van der Waals surface area contributed by atoms with Crippen LogP contribution in [0.25, 0.3) is 0 Å². The number of nitrogens with zero attached hydrogens (tertiary/aromatic N) is 1. The van der Waals surface area contributed by atoms with E-state index in [1.54, 1.807) is 7.11 Å². The molecule has 2 fully saturated rings. The number of rotatable bonds is 4. The maximum Gasteiger partial charge on any atom is 0.118 e. The number of methoxy groups -OCH3 is 1.